The van der Waals surface area contributed by atoms with Crippen molar-refractivity contribution in [2.75, 3.05) is 11.9 Å². The van der Waals surface area contributed by atoms with Gasteiger partial charge in [0.1, 0.15) is 0 Å². The van der Waals surface area contributed by atoms with Gasteiger partial charge in [0.15, 0.2) is 0 Å². The highest BCUT2D eigenvalue weighted by molar-refractivity contribution is 5.90. The molecular formula is C17H20N2O2. The zero-order valence-corrected chi connectivity index (χ0v) is 12.3. The maximum absolute atomic E-state index is 11.9. The van der Waals surface area contributed by atoms with Gasteiger partial charge in [0, 0.05) is 12.2 Å². The summed E-state index contributed by atoms with van der Waals surface area (Å²) in [4.78, 5) is 11.9. The van der Waals surface area contributed by atoms with Crippen LogP contribution < -0.4 is 10.6 Å². The van der Waals surface area contributed by atoms with Crippen LogP contribution in [0.25, 0.3) is 0 Å². The molecule has 2 aromatic carbocycles. The normalized spacial score (nSPS) is 11.8. The summed E-state index contributed by atoms with van der Waals surface area (Å²) < 4.78 is 0. The van der Waals surface area contributed by atoms with Crippen LogP contribution in [-0.4, -0.2) is 17.7 Å². The van der Waals surface area contributed by atoms with Crippen LogP contribution in [-0.2, 0) is 0 Å². The molecule has 2 aromatic rings. The summed E-state index contributed by atoms with van der Waals surface area (Å²) in [5.41, 5.74) is 3.72. The van der Waals surface area contributed by atoms with Crippen LogP contribution in [0.1, 0.15) is 22.8 Å². The Hall–Kier alpha value is -2.33. The van der Waals surface area contributed by atoms with Gasteiger partial charge in [-0.2, -0.15) is 0 Å². The number of hydrogen-bond acceptors (Lipinski definition) is 2. The van der Waals surface area contributed by atoms with Crippen molar-refractivity contribution in [1.82, 2.24) is 5.32 Å². The zero-order valence-electron chi connectivity index (χ0n) is 12.3. The van der Waals surface area contributed by atoms with Crippen molar-refractivity contribution < 1.29 is 9.90 Å². The molecule has 0 saturated carbocycles. The predicted octanol–water partition coefficient (Wildman–Crippen LogP) is 3.16. The van der Waals surface area contributed by atoms with Crippen molar-refractivity contribution in [3.05, 3.63) is 65.2 Å². The van der Waals surface area contributed by atoms with Crippen LogP contribution >= 0.6 is 0 Å². The number of aryl methyl sites for hydroxylation is 1. The number of rotatable bonds is 4. The number of nitrogens with one attached hydrogen (secondary N) is 2. The van der Waals surface area contributed by atoms with Crippen molar-refractivity contribution in [3.63, 3.8) is 0 Å². The van der Waals surface area contributed by atoms with E-state index in [0.717, 1.165) is 22.4 Å². The van der Waals surface area contributed by atoms with Gasteiger partial charge >= 0.3 is 6.03 Å². The second-order valence-electron chi connectivity index (χ2n) is 5.01. The maximum Gasteiger partial charge on any atom is 0.319 e. The van der Waals surface area contributed by atoms with Gasteiger partial charge in [-0.05, 0) is 36.6 Å². The number of aliphatic hydroxyl groups excluding tert-OH is 1. The minimum atomic E-state index is -0.712. The highest BCUT2D eigenvalue weighted by atomic mass is 16.3. The maximum atomic E-state index is 11.9. The molecule has 0 spiro atoms. The average Bonchev–Trinajstić information content (AvgIpc) is 2.50. The van der Waals surface area contributed by atoms with Gasteiger partial charge in [-0.1, -0.05) is 42.5 Å². The number of hydrogen-bond donors (Lipinski definition) is 3. The molecule has 0 bridgehead atoms. The SMILES string of the molecule is Cc1cccc(NC(=O)NC[C@@H](O)c2ccccc2)c1C. The lowest BCUT2D eigenvalue weighted by molar-refractivity contribution is 0.175. The third-order valence-corrected chi connectivity index (χ3v) is 3.49. The Morgan fingerprint density at radius 3 is 2.52 bits per heavy atom. The zero-order chi connectivity index (χ0) is 15.2. The summed E-state index contributed by atoms with van der Waals surface area (Å²) in [5.74, 6) is 0. The van der Waals surface area contributed by atoms with Gasteiger partial charge < -0.3 is 15.7 Å². The van der Waals surface area contributed by atoms with Crippen molar-refractivity contribution >= 4 is 11.7 Å². The Morgan fingerprint density at radius 2 is 1.81 bits per heavy atom. The molecule has 0 radical (unpaired) electrons. The Balaban J connectivity index is 1.89. The third-order valence-electron chi connectivity index (χ3n) is 3.49. The molecule has 4 nitrogen and oxygen atoms in total. The molecule has 21 heavy (non-hydrogen) atoms. The van der Waals surface area contributed by atoms with E-state index in [1.807, 2.05) is 62.4 Å². The number of anilines is 1. The molecule has 110 valence electrons. The molecule has 0 aliphatic carbocycles. The van der Waals surface area contributed by atoms with Gasteiger partial charge in [0.2, 0.25) is 0 Å². The largest absolute Gasteiger partial charge is 0.387 e. The first kappa shape index (κ1) is 15.1. The smallest absolute Gasteiger partial charge is 0.319 e. The van der Waals surface area contributed by atoms with E-state index in [9.17, 15) is 9.90 Å². The summed E-state index contributed by atoms with van der Waals surface area (Å²) >= 11 is 0. The number of amides is 2. The Kier molecular flexibility index (Phi) is 4.95. The monoisotopic (exact) mass is 284 g/mol. The van der Waals surface area contributed by atoms with E-state index in [1.165, 1.54) is 0 Å². The lowest BCUT2D eigenvalue weighted by atomic mass is 10.1. The number of urea groups is 1. The molecule has 2 rings (SSSR count). The summed E-state index contributed by atoms with van der Waals surface area (Å²) in [5, 5.41) is 15.5. The molecule has 0 fully saturated rings. The summed E-state index contributed by atoms with van der Waals surface area (Å²) in [7, 11) is 0. The fraction of sp³-hybridized carbons (Fsp3) is 0.235. The molecule has 1 atom stereocenters. The molecule has 0 saturated heterocycles. The van der Waals surface area contributed by atoms with Crippen LogP contribution in [0.4, 0.5) is 10.5 Å². The lowest BCUT2D eigenvalue weighted by Gasteiger charge is -2.14. The first-order valence-corrected chi connectivity index (χ1v) is 6.92. The highest BCUT2D eigenvalue weighted by Crippen LogP contribution is 2.17. The van der Waals surface area contributed by atoms with E-state index in [-0.39, 0.29) is 12.6 Å². The second kappa shape index (κ2) is 6.90. The average molecular weight is 284 g/mol. The number of carbonyl (C=O) groups is 1. The molecule has 0 aromatic heterocycles. The Morgan fingerprint density at radius 1 is 1.10 bits per heavy atom. The highest BCUT2D eigenvalue weighted by Gasteiger charge is 2.10. The fourth-order valence-electron chi connectivity index (χ4n) is 2.04. The fourth-order valence-corrected chi connectivity index (χ4v) is 2.04. The molecule has 0 aliphatic rings. The number of carbonyl (C=O) groups excluding carboxylic acids is 1. The molecule has 3 N–H and O–H groups in total. The Bertz CT molecular complexity index is 611. The minimum absolute atomic E-state index is 0.167. The van der Waals surface area contributed by atoms with E-state index < -0.39 is 6.10 Å². The molecule has 2 amide bonds. The van der Waals surface area contributed by atoms with Crippen molar-refractivity contribution in [2.24, 2.45) is 0 Å². The standard InChI is InChI=1S/C17H20N2O2/c1-12-7-6-10-15(13(12)2)19-17(21)18-11-16(20)14-8-4-3-5-9-14/h3-10,16,20H,11H2,1-2H3,(H2,18,19,21)/t16-/m1/s1. The van der Waals surface area contributed by atoms with E-state index in [0.29, 0.717) is 0 Å². The van der Waals surface area contributed by atoms with Crippen molar-refractivity contribution in [2.45, 2.75) is 20.0 Å². The van der Waals surface area contributed by atoms with E-state index in [2.05, 4.69) is 10.6 Å². The van der Waals surface area contributed by atoms with Crippen LogP contribution in [0.15, 0.2) is 48.5 Å². The van der Waals surface area contributed by atoms with E-state index >= 15 is 0 Å². The second-order valence-corrected chi connectivity index (χ2v) is 5.01. The molecule has 0 aliphatic heterocycles. The van der Waals surface area contributed by atoms with Crippen molar-refractivity contribution in [3.8, 4) is 0 Å². The van der Waals surface area contributed by atoms with Crippen molar-refractivity contribution in [1.29, 1.82) is 0 Å². The van der Waals surface area contributed by atoms with E-state index in [1.54, 1.807) is 0 Å². The minimum Gasteiger partial charge on any atom is -0.387 e. The van der Waals surface area contributed by atoms with Gasteiger partial charge in [0.05, 0.1) is 6.10 Å². The number of aliphatic hydroxyl groups is 1. The quantitative estimate of drug-likeness (QED) is 0.807. The topological polar surface area (TPSA) is 61.4 Å². The first-order valence-electron chi connectivity index (χ1n) is 6.92. The Labute approximate surface area is 124 Å². The van der Waals surface area contributed by atoms with Crippen LogP contribution in [0.3, 0.4) is 0 Å². The predicted molar refractivity (Wildman–Crippen MR) is 84.3 cm³/mol. The van der Waals surface area contributed by atoms with E-state index in [4.69, 9.17) is 0 Å². The summed E-state index contributed by atoms with van der Waals surface area (Å²) in [6.07, 6.45) is -0.712. The lowest BCUT2D eigenvalue weighted by Crippen LogP contribution is -2.32. The van der Waals surface area contributed by atoms with Gasteiger partial charge in [0.25, 0.3) is 0 Å². The summed E-state index contributed by atoms with van der Waals surface area (Å²) in [6.45, 7) is 4.13. The summed E-state index contributed by atoms with van der Waals surface area (Å²) in [6, 6.07) is 14.7. The van der Waals surface area contributed by atoms with Crippen LogP contribution in [0, 0.1) is 13.8 Å². The van der Waals surface area contributed by atoms with Crippen LogP contribution in [0.5, 0.6) is 0 Å². The molecular weight excluding hydrogens is 264 g/mol. The first-order chi connectivity index (χ1) is 10.1. The molecule has 0 heterocycles. The molecule has 0 unspecified atom stereocenters. The third kappa shape index (κ3) is 4.07. The van der Waals surface area contributed by atoms with Gasteiger partial charge in [-0.25, -0.2) is 4.79 Å². The van der Waals surface area contributed by atoms with Gasteiger partial charge in [-0.3, -0.25) is 0 Å². The molecule has 4 heteroatoms. The van der Waals surface area contributed by atoms with Gasteiger partial charge in [-0.15, -0.1) is 0 Å². The number of benzene rings is 2. The van der Waals surface area contributed by atoms with Crippen LogP contribution in [0.2, 0.25) is 0 Å².